The van der Waals surface area contributed by atoms with Crippen molar-refractivity contribution in [3.05, 3.63) is 182 Å². The van der Waals surface area contributed by atoms with Gasteiger partial charge in [-0.2, -0.15) is 0 Å². The summed E-state index contributed by atoms with van der Waals surface area (Å²) in [6.45, 7) is 14.7. The summed E-state index contributed by atoms with van der Waals surface area (Å²) in [7, 11) is 0. The van der Waals surface area contributed by atoms with E-state index in [9.17, 15) is 0 Å². The van der Waals surface area contributed by atoms with Gasteiger partial charge in [-0.25, -0.2) is 0 Å². The highest BCUT2D eigenvalue weighted by Gasteiger charge is 2.09. The Bertz CT molecular complexity index is 2540. The van der Waals surface area contributed by atoms with E-state index in [0.717, 1.165) is 44.3 Å². The number of allylic oxidation sites excluding steroid dienone is 3. The zero-order valence-corrected chi connectivity index (χ0v) is 32.2. The standard InChI is InChI=1S/C15H17N.C13H15N.C13H13N.C10H9N/c1-3-5-6-11-16-12-10-14-9-7-8-13(4-2)15(14)16;2*1-2-5-11-6-4-7-12-8-10-14(9-3-1)13(11)12;1-2-8-4-3-5-9-6-7-11-10(8)9/h3-4,7-10,12H,1-2,5-6,11H2;4,6-8,10H,1-3,5,9H2;1-2,4,6-8,10H,3,5,9H2;2-7,11H,1H2/b;;2-1-;. The second-order valence-corrected chi connectivity index (χ2v) is 14.4. The molecule has 8 aromatic rings. The van der Waals surface area contributed by atoms with Gasteiger partial charge in [0, 0.05) is 49.8 Å². The van der Waals surface area contributed by atoms with E-state index in [1.807, 2.05) is 36.6 Å². The second kappa shape index (κ2) is 18.4. The van der Waals surface area contributed by atoms with Crippen molar-refractivity contribution in [2.24, 2.45) is 0 Å². The molecular weight excluding hydrogens is 669 g/mol. The van der Waals surface area contributed by atoms with Gasteiger partial charge in [-0.3, -0.25) is 0 Å². The monoisotopic (exact) mass is 722 g/mol. The Morgan fingerprint density at radius 2 is 1.24 bits per heavy atom. The number of unbranched alkanes of at least 4 members (excludes halogenated alkanes) is 1. The molecule has 2 aliphatic heterocycles. The molecule has 0 fully saturated rings. The molecule has 0 bridgehead atoms. The van der Waals surface area contributed by atoms with Crippen molar-refractivity contribution in [1.29, 1.82) is 0 Å². The van der Waals surface area contributed by atoms with Crippen molar-refractivity contribution in [2.45, 2.75) is 71.0 Å². The minimum atomic E-state index is 1.04. The number of H-pyrrole nitrogens is 1. The van der Waals surface area contributed by atoms with Crippen LogP contribution in [0.5, 0.6) is 0 Å². The van der Waals surface area contributed by atoms with Gasteiger partial charge in [0.05, 0.1) is 22.1 Å². The number of benzene rings is 4. The van der Waals surface area contributed by atoms with Crippen LogP contribution in [0.15, 0.2) is 160 Å². The van der Waals surface area contributed by atoms with Crippen LogP contribution in [0.2, 0.25) is 0 Å². The predicted molar refractivity (Wildman–Crippen MR) is 239 cm³/mol. The first-order chi connectivity index (χ1) is 27.2. The first kappa shape index (κ1) is 37.3. The third-order valence-electron chi connectivity index (χ3n) is 10.8. The zero-order chi connectivity index (χ0) is 37.8. The van der Waals surface area contributed by atoms with Crippen LogP contribution in [0.4, 0.5) is 0 Å². The van der Waals surface area contributed by atoms with Crippen LogP contribution in [0.25, 0.3) is 55.8 Å². The lowest BCUT2D eigenvalue weighted by Crippen LogP contribution is -2.02. The highest BCUT2D eigenvalue weighted by Crippen LogP contribution is 2.26. The molecule has 10 rings (SSSR count). The molecule has 4 nitrogen and oxygen atoms in total. The quantitative estimate of drug-likeness (QED) is 0.131. The topological polar surface area (TPSA) is 30.6 Å². The number of nitrogens with zero attached hydrogens (tertiary/aromatic N) is 3. The SMILES string of the molecule is C1=C\Cc2cccc3ccn(c23)CC/1.C=CCCCn1ccc2cccc(C=C)c21.C=Cc1cccc2cc[nH]c12.c1cc2c3c(c1)ccn3CCCCC2. The summed E-state index contributed by atoms with van der Waals surface area (Å²) in [5.74, 6) is 0. The Kier molecular flexibility index (Phi) is 12.5. The first-order valence-corrected chi connectivity index (χ1v) is 20.0. The molecule has 4 heteroatoms. The Balaban J connectivity index is 0.000000114. The molecule has 4 aromatic heterocycles. The van der Waals surface area contributed by atoms with Gasteiger partial charge >= 0.3 is 0 Å². The number of para-hydroxylation sites is 4. The Morgan fingerprint density at radius 3 is 2.00 bits per heavy atom. The van der Waals surface area contributed by atoms with E-state index in [2.05, 4.69) is 154 Å². The molecule has 0 spiro atoms. The predicted octanol–water partition coefficient (Wildman–Crippen LogP) is 13.6. The molecule has 0 aliphatic carbocycles. The third-order valence-corrected chi connectivity index (χ3v) is 10.8. The summed E-state index contributed by atoms with van der Waals surface area (Å²) in [4.78, 5) is 3.17. The largest absolute Gasteiger partial charge is 0.361 e. The van der Waals surface area contributed by atoms with Crippen LogP contribution in [-0.2, 0) is 32.5 Å². The van der Waals surface area contributed by atoms with E-state index >= 15 is 0 Å². The van der Waals surface area contributed by atoms with E-state index < -0.39 is 0 Å². The Labute approximate surface area is 326 Å². The minimum Gasteiger partial charge on any atom is -0.361 e. The lowest BCUT2D eigenvalue weighted by atomic mass is 10.0. The Morgan fingerprint density at radius 1 is 0.582 bits per heavy atom. The van der Waals surface area contributed by atoms with Gasteiger partial charge in [0.1, 0.15) is 0 Å². The lowest BCUT2D eigenvalue weighted by molar-refractivity contribution is 0.585. The molecule has 0 saturated heterocycles. The molecular formula is C51H54N4. The lowest BCUT2D eigenvalue weighted by Gasteiger charge is -2.13. The van der Waals surface area contributed by atoms with E-state index in [0.29, 0.717) is 0 Å². The van der Waals surface area contributed by atoms with Crippen molar-refractivity contribution in [1.82, 2.24) is 18.7 Å². The number of rotatable bonds is 6. The van der Waals surface area contributed by atoms with Crippen molar-refractivity contribution < 1.29 is 0 Å². The number of aryl methyl sites for hydroxylation is 4. The smallest absolute Gasteiger partial charge is 0.0553 e. The molecule has 0 radical (unpaired) electrons. The molecule has 6 heterocycles. The summed E-state index contributed by atoms with van der Waals surface area (Å²) in [6, 6.07) is 34.4. The number of aromatic nitrogens is 4. The fourth-order valence-electron chi connectivity index (χ4n) is 8.06. The van der Waals surface area contributed by atoms with Crippen LogP contribution in [0.1, 0.15) is 60.8 Å². The normalized spacial score (nSPS) is 13.8. The van der Waals surface area contributed by atoms with Crippen molar-refractivity contribution in [3.8, 4) is 0 Å². The van der Waals surface area contributed by atoms with Gasteiger partial charge in [0.15, 0.2) is 0 Å². The summed E-state index contributed by atoms with van der Waals surface area (Å²) in [6.07, 6.45) is 28.6. The fourth-order valence-corrected chi connectivity index (χ4v) is 8.06. The second-order valence-electron chi connectivity index (χ2n) is 14.4. The van der Waals surface area contributed by atoms with Gasteiger partial charge in [-0.15, -0.1) is 6.58 Å². The van der Waals surface area contributed by atoms with Crippen molar-refractivity contribution in [2.75, 3.05) is 0 Å². The van der Waals surface area contributed by atoms with Gasteiger partial charge in [0.2, 0.25) is 0 Å². The zero-order valence-electron chi connectivity index (χ0n) is 32.2. The molecule has 278 valence electrons. The van der Waals surface area contributed by atoms with Crippen LogP contribution >= 0.6 is 0 Å². The van der Waals surface area contributed by atoms with Crippen molar-refractivity contribution >= 4 is 55.8 Å². The number of nitrogens with one attached hydrogen (secondary N) is 1. The number of fused-ring (bicyclic) bond motifs is 2. The number of aromatic amines is 1. The Hall–Kier alpha value is -6.00. The molecule has 0 unspecified atom stereocenters. The van der Waals surface area contributed by atoms with Crippen molar-refractivity contribution in [3.63, 3.8) is 0 Å². The average molecular weight is 723 g/mol. The minimum absolute atomic E-state index is 1.04. The number of hydrogen-bond acceptors (Lipinski definition) is 0. The molecule has 4 aromatic carbocycles. The van der Waals surface area contributed by atoms with Gasteiger partial charge in [-0.1, -0.05) is 123 Å². The van der Waals surface area contributed by atoms with Crippen LogP contribution in [-0.4, -0.2) is 18.7 Å². The van der Waals surface area contributed by atoms with Crippen LogP contribution in [0, 0.1) is 0 Å². The van der Waals surface area contributed by atoms with Gasteiger partial charge in [-0.05, 0) is 108 Å². The summed E-state index contributed by atoms with van der Waals surface area (Å²) < 4.78 is 7.09. The molecule has 0 amide bonds. The maximum atomic E-state index is 3.87. The highest BCUT2D eigenvalue weighted by atomic mass is 15.0. The van der Waals surface area contributed by atoms with E-state index in [1.54, 1.807) is 0 Å². The van der Waals surface area contributed by atoms with Crippen LogP contribution < -0.4 is 0 Å². The average Bonchev–Trinajstić information content (AvgIpc) is 4.03. The highest BCUT2D eigenvalue weighted by molar-refractivity contribution is 5.89. The van der Waals surface area contributed by atoms with E-state index in [1.165, 1.54) is 92.5 Å². The van der Waals surface area contributed by atoms with E-state index in [-0.39, 0.29) is 0 Å². The summed E-state index contributed by atoms with van der Waals surface area (Å²) in [5.41, 5.74) is 10.7. The fraction of sp³-hybridized carbons (Fsp3) is 0.216. The summed E-state index contributed by atoms with van der Waals surface area (Å²) >= 11 is 0. The molecule has 1 N–H and O–H groups in total. The maximum absolute atomic E-state index is 3.87. The molecule has 2 aliphatic rings. The molecule has 55 heavy (non-hydrogen) atoms. The van der Waals surface area contributed by atoms with Gasteiger partial charge in [0.25, 0.3) is 0 Å². The third kappa shape index (κ3) is 8.71. The van der Waals surface area contributed by atoms with Gasteiger partial charge < -0.3 is 18.7 Å². The van der Waals surface area contributed by atoms with E-state index in [4.69, 9.17) is 0 Å². The number of hydrogen-bond donors (Lipinski definition) is 1. The summed E-state index contributed by atoms with van der Waals surface area (Å²) in [5, 5.41) is 5.31. The molecule has 0 atom stereocenters. The van der Waals surface area contributed by atoms with Crippen LogP contribution in [0.3, 0.4) is 0 Å². The first-order valence-electron chi connectivity index (χ1n) is 20.0. The molecule has 0 saturated carbocycles. The maximum Gasteiger partial charge on any atom is 0.0553 e.